The van der Waals surface area contributed by atoms with Gasteiger partial charge in [-0.15, -0.1) is 0 Å². The van der Waals surface area contributed by atoms with Crippen molar-refractivity contribution in [1.82, 2.24) is 10.9 Å². The molecule has 0 aliphatic heterocycles. The van der Waals surface area contributed by atoms with Crippen molar-refractivity contribution in [3.05, 3.63) is 57.0 Å². The molecule has 0 heterocycles. The first-order valence-electron chi connectivity index (χ1n) is 8.65. The van der Waals surface area contributed by atoms with Crippen LogP contribution in [-0.4, -0.2) is 25.0 Å². The van der Waals surface area contributed by atoms with E-state index in [9.17, 15) is 9.59 Å². The summed E-state index contributed by atoms with van der Waals surface area (Å²) in [4.78, 5) is 23.8. The highest BCUT2D eigenvalue weighted by Gasteiger charge is 2.11. The lowest BCUT2D eigenvalue weighted by molar-refractivity contribution is -0.131. The van der Waals surface area contributed by atoms with E-state index < -0.39 is 11.8 Å². The monoisotopic (exact) mass is 468 g/mol. The van der Waals surface area contributed by atoms with Gasteiger partial charge < -0.3 is 9.47 Å². The van der Waals surface area contributed by atoms with Gasteiger partial charge in [-0.05, 0) is 48.2 Å². The molecule has 0 unspecified atom stereocenters. The molecule has 2 rings (SSSR count). The zero-order valence-electron chi connectivity index (χ0n) is 15.8. The van der Waals surface area contributed by atoms with Crippen molar-refractivity contribution in [3.63, 3.8) is 0 Å². The summed E-state index contributed by atoms with van der Waals surface area (Å²) in [6.07, 6.45) is 0. The second-order valence-corrected chi connectivity index (χ2v) is 7.77. The Bertz CT molecular complexity index is 858. The first-order chi connectivity index (χ1) is 13.3. The van der Waals surface area contributed by atoms with Crippen molar-refractivity contribution >= 4 is 39.3 Å². The van der Waals surface area contributed by atoms with Gasteiger partial charge in [0.2, 0.25) is 0 Å². The summed E-state index contributed by atoms with van der Waals surface area (Å²) < 4.78 is 11.7. The molecule has 2 aromatic carbocycles. The van der Waals surface area contributed by atoms with Crippen molar-refractivity contribution in [2.75, 3.05) is 13.2 Å². The first kappa shape index (κ1) is 22.0. The molecule has 0 radical (unpaired) electrons. The van der Waals surface area contributed by atoms with Gasteiger partial charge in [-0.3, -0.25) is 20.4 Å². The molecular formula is C20H22BrClN2O4. The van der Waals surface area contributed by atoms with Crippen molar-refractivity contribution in [1.29, 1.82) is 0 Å². The van der Waals surface area contributed by atoms with E-state index in [1.54, 1.807) is 18.2 Å². The summed E-state index contributed by atoms with van der Waals surface area (Å²) >= 11 is 9.30. The minimum atomic E-state index is -0.522. The molecule has 8 heteroatoms. The quantitative estimate of drug-likeness (QED) is 0.598. The molecule has 2 aromatic rings. The van der Waals surface area contributed by atoms with E-state index in [0.29, 0.717) is 16.5 Å². The van der Waals surface area contributed by atoms with Gasteiger partial charge >= 0.3 is 0 Å². The smallest absolute Gasteiger partial charge is 0.276 e. The molecule has 2 N–H and O–H groups in total. The fourth-order valence-corrected chi connectivity index (χ4v) is 3.06. The van der Waals surface area contributed by atoms with Crippen molar-refractivity contribution in [3.8, 4) is 11.5 Å². The predicted octanol–water partition coefficient (Wildman–Crippen LogP) is 4.14. The van der Waals surface area contributed by atoms with Gasteiger partial charge in [0.1, 0.15) is 11.5 Å². The Morgan fingerprint density at radius 2 is 1.61 bits per heavy atom. The predicted molar refractivity (Wildman–Crippen MR) is 112 cm³/mol. The molecule has 0 bridgehead atoms. The molecule has 0 aliphatic rings. The fourth-order valence-electron chi connectivity index (χ4n) is 2.33. The number of benzene rings is 2. The molecule has 0 aromatic heterocycles. The second kappa shape index (κ2) is 10.3. The van der Waals surface area contributed by atoms with E-state index in [1.165, 1.54) is 0 Å². The maximum Gasteiger partial charge on any atom is 0.276 e. The summed E-state index contributed by atoms with van der Waals surface area (Å²) in [6, 6.07) is 10.9. The van der Waals surface area contributed by atoms with Crippen LogP contribution in [0.25, 0.3) is 0 Å². The van der Waals surface area contributed by atoms with E-state index >= 15 is 0 Å². The lowest BCUT2D eigenvalue weighted by atomic mass is 10.0. The van der Waals surface area contributed by atoms with Crippen LogP contribution >= 0.6 is 27.5 Å². The molecule has 2 amide bonds. The Balaban J connectivity index is 1.78. The average Bonchev–Trinajstić information content (AvgIpc) is 2.63. The number of hydrogen-bond acceptors (Lipinski definition) is 4. The number of hydrazine groups is 1. The van der Waals surface area contributed by atoms with Gasteiger partial charge in [0.15, 0.2) is 13.2 Å². The van der Waals surface area contributed by atoms with E-state index in [1.807, 2.05) is 25.1 Å². The molecule has 0 atom stereocenters. The number of rotatable bonds is 7. The molecule has 0 spiro atoms. The van der Waals surface area contributed by atoms with E-state index in [-0.39, 0.29) is 19.1 Å². The summed E-state index contributed by atoms with van der Waals surface area (Å²) in [5.41, 5.74) is 6.62. The van der Waals surface area contributed by atoms with Crippen LogP contribution in [0.1, 0.15) is 30.9 Å². The van der Waals surface area contributed by atoms with Crippen molar-refractivity contribution < 1.29 is 19.1 Å². The lowest BCUT2D eigenvalue weighted by Gasteiger charge is -2.15. The zero-order valence-corrected chi connectivity index (χ0v) is 18.2. The Morgan fingerprint density at radius 3 is 2.18 bits per heavy atom. The standard InChI is InChI=1S/C20H22BrClN2O4/c1-12(2)15-6-4-13(3)8-18(15)28-11-20(26)24-23-19(25)10-27-17-7-5-14(21)9-16(17)22/h4-9,12H,10-11H2,1-3H3,(H,23,25)(H,24,26). The SMILES string of the molecule is Cc1ccc(C(C)C)c(OCC(=O)NNC(=O)COc2ccc(Br)cc2Cl)c1. The summed E-state index contributed by atoms with van der Waals surface area (Å²) in [5, 5.41) is 0.374. The first-order valence-corrected chi connectivity index (χ1v) is 9.82. The van der Waals surface area contributed by atoms with Gasteiger partial charge in [-0.2, -0.15) is 0 Å². The minimum Gasteiger partial charge on any atom is -0.483 e. The third kappa shape index (κ3) is 6.73. The van der Waals surface area contributed by atoms with Crippen LogP contribution in [0.2, 0.25) is 5.02 Å². The highest BCUT2D eigenvalue weighted by atomic mass is 79.9. The number of ether oxygens (including phenoxy) is 2. The normalized spacial score (nSPS) is 10.5. The highest BCUT2D eigenvalue weighted by molar-refractivity contribution is 9.10. The third-order valence-corrected chi connectivity index (χ3v) is 4.53. The van der Waals surface area contributed by atoms with Crippen LogP contribution < -0.4 is 20.3 Å². The van der Waals surface area contributed by atoms with Crippen molar-refractivity contribution in [2.24, 2.45) is 0 Å². The van der Waals surface area contributed by atoms with Crippen LogP contribution in [0.3, 0.4) is 0 Å². The Morgan fingerprint density at radius 1 is 1.00 bits per heavy atom. The zero-order chi connectivity index (χ0) is 20.7. The molecule has 6 nitrogen and oxygen atoms in total. The highest BCUT2D eigenvalue weighted by Crippen LogP contribution is 2.28. The van der Waals surface area contributed by atoms with Crippen LogP contribution in [0.4, 0.5) is 0 Å². The van der Waals surface area contributed by atoms with Gasteiger partial charge in [0.25, 0.3) is 11.8 Å². The second-order valence-electron chi connectivity index (χ2n) is 6.44. The van der Waals surface area contributed by atoms with E-state index in [0.717, 1.165) is 15.6 Å². The maximum absolute atomic E-state index is 11.9. The summed E-state index contributed by atoms with van der Waals surface area (Å²) in [6.45, 7) is 5.54. The van der Waals surface area contributed by atoms with E-state index in [4.69, 9.17) is 21.1 Å². The molecular weight excluding hydrogens is 448 g/mol. The number of hydrogen-bond donors (Lipinski definition) is 2. The van der Waals surface area contributed by atoms with Gasteiger partial charge in [-0.1, -0.05) is 53.5 Å². The Labute approximate surface area is 177 Å². The third-order valence-electron chi connectivity index (χ3n) is 3.74. The van der Waals surface area contributed by atoms with Crippen LogP contribution in [0, 0.1) is 6.92 Å². The Hall–Kier alpha value is -2.25. The molecule has 0 aliphatic carbocycles. The number of carbonyl (C=O) groups excluding carboxylic acids is 2. The molecule has 150 valence electrons. The Kier molecular flexibility index (Phi) is 8.14. The molecule has 0 fully saturated rings. The number of nitrogens with one attached hydrogen (secondary N) is 2. The number of carbonyl (C=O) groups is 2. The number of halogens is 2. The van der Waals surface area contributed by atoms with Gasteiger partial charge in [-0.25, -0.2) is 0 Å². The molecule has 0 saturated carbocycles. The summed E-state index contributed by atoms with van der Waals surface area (Å²) in [7, 11) is 0. The van der Waals surface area contributed by atoms with Crippen molar-refractivity contribution in [2.45, 2.75) is 26.7 Å². The average molecular weight is 470 g/mol. The largest absolute Gasteiger partial charge is 0.483 e. The number of aryl methyl sites for hydroxylation is 1. The minimum absolute atomic E-state index is 0.219. The molecule has 28 heavy (non-hydrogen) atoms. The van der Waals surface area contributed by atoms with Crippen LogP contribution in [0.15, 0.2) is 40.9 Å². The van der Waals surface area contributed by atoms with Crippen LogP contribution in [0.5, 0.6) is 11.5 Å². The van der Waals surface area contributed by atoms with Gasteiger partial charge in [0.05, 0.1) is 5.02 Å². The van der Waals surface area contributed by atoms with Gasteiger partial charge in [0, 0.05) is 4.47 Å². The van der Waals surface area contributed by atoms with E-state index in [2.05, 4.69) is 40.6 Å². The number of amides is 2. The maximum atomic E-state index is 11.9. The fraction of sp³-hybridized carbons (Fsp3) is 0.300. The van der Waals surface area contributed by atoms with Crippen LogP contribution in [-0.2, 0) is 9.59 Å². The topological polar surface area (TPSA) is 76.7 Å². The lowest BCUT2D eigenvalue weighted by Crippen LogP contribution is -2.45. The molecule has 0 saturated heterocycles. The summed E-state index contributed by atoms with van der Waals surface area (Å²) in [5.74, 6) is 0.290.